The summed E-state index contributed by atoms with van der Waals surface area (Å²) in [7, 11) is 0. The summed E-state index contributed by atoms with van der Waals surface area (Å²) in [5, 5.41) is 0.661. The maximum Gasteiger partial charge on any atom is 0.339 e. The fourth-order valence-electron chi connectivity index (χ4n) is 4.78. The smallest absolute Gasteiger partial charge is 0.339 e. The fourth-order valence-corrected chi connectivity index (χ4v) is 4.78. The van der Waals surface area contributed by atoms with Crippen LogP contribution < -0.4 is 0 Å². The van der Waals surface area contributed by atoms with E-state index in [1.807, 2.05) is 24.3 Å². The Hall–Kier alpha value is -3.86. The molecule has 5 rings (SSSR count). The van der Waals surface area contributed by atoms with Gasteiger partial charge < -0.3 is 4.74 Å². The number of ether oxygens (including phenoxy) is 1. The van der Waals surface area contributed by atoms with Crippen LogP contribution in [0.25, 0.3) is 22.2 Å². The van der Waals surface area contributed by atoms with Gasteiger partial charge in [-0.3, -0.25) is 4.79 Å². The SMILES string of the molecule is O=C(COC(=O)c1cc(-c2ccc(C3CCCCC3)cc2)nc2ccccc12)c1ccc(F)cc1. The van der Waals surface area contributed by atoms with Crippen LogP contribution in [-0.2, 0) is 4.74 Å². The van der Waals surface area contributed by atoms with E-state index in [0.717, 1.165) is 5.56 Å². The fraction of sp³-hybridized carbons (Fsp3) is 0.233. The van der Waals surface area contributed by atoms with Crippen molar-refractivity contribution in [2.45, 2.75) is 38.0 Å². The van der Waals surface area contributed by atoms with Crippen LogP contribution in [0.5, 0.6) is 0 Å². The van der Waals surface area contributed by atoms with Crippen molar-refractivity contribution in [3.8, 4) is 11.3 Å². The molecular weight excluding hydrogens is 441 g/mol. The molecule has 0 saturated heterocycles. The molecule has 5 heteroatoms. The van der Waals surface area contributed by atoms with Crippen molar-refractivity contribution in [2.24, 2.45) is 0 Å². The summed E-state index contributed by atoms with van der Waals surface area (Å²) < 4.78 is 18.5. The molecule has 0 aliphatic heterocycles. The number of hydrogen-bond donors (Lipinski definition) is 0. The van der Waals surface area contributed by atoms with Crippen LogP contribution in [0, 0.1) is 5.82 Å². The topological polar surface area (TPSA) is 56.3 Å². The monoisotopic (exact) mass is 467 g/mol. The highest BCUT2D eigenvalue weighted by molar-refractivity contribution is 6.06. The van der Waals surface area contributed by atoms with Gasteiger partial charge in [-0.05, 0) is 60.7 Å². The molecule has 0 radical (unpaired) electrons. The highest BCUT2D eigenvalue weighted by Gasteiger charge is 2.18. The number of pyridine rings is 1. The van der Waals surface area contributed by atoms with E-state index in [-0.39, 0.29) is 5.56 Å². The van der Waals surface area contributed by atoms with E-state index in [1.165, 1.54) is 61.9 Å². The molecule has 0 unspecified atom stereocenters. The molecule has 0 spiro atoms. The second-order valence-corrected chi connectivity index (χ2v) is 9.04. The maximum atomic E-state index is 13.1. The average molecular weight is 468 g/mol. The summed E-state index contributed by atoms with van der Waals surface area (Å²) in [6.07, 6.45) is 6.37. The Bertz CT molecular complexity index is 1360. The Morgan fingerprint density at radius 1 is 0.886 bits per heavy atom. The van der Waals surface area contributed by atoms with Gasteiger partial charge in [0.05, 0.1) is 16.8 Å². The molecule has 0 amide bonds. The van der Waals surface area contributed by atoms with E-state index < -0.39 is 24.2 Å². The number of halogens is 1. The Labute approximate surface area is 203 Å². The van der Waals surface area contributed by atoms with Crippen molar-refractivity contribution in [1.29, 1.82) is 0 Å². The minimum Gasteiger partial charge on any atom is -0.454 e. The molecule has 35 heavy (non-hydrogen) atoms. The molecule has 1 aliphatic rings. The van der Waals surface area contributed by atoms with Crippen molar-refractivity contribution < 1.29 is 18.7 Å². The molecule has 176 valence electrons. The lowest BCUT2D eigenvalue weighted by Gasteiger charge is -2.22. The minimum atomic E-state index is -0.598. The van der Waals surface area contributed by atoms with Gasteiger partial charge in [-0.2, -0.15) is 0 Å². The standard InChI is InChI=1S/C30H26FNO3/c31-24-16-14-23(15-17-24)29(33)19-35-30(34)26-18-28(32-27-9-5-4-8-25(26)27)22-12-10-21(11-13-22)20-6-2-1-3-7-20/h4-5,8-18,20H,1-3,6-7,19H2. The maximum absolute atomic E-state index is 13.1. The van der Waals surface area contributed by atoms with Crippen LogP contribution in [0.15, 0.2) is 78.9 Å². The number of para-hydroxylation sites is 1. The van der Waals surface area contributed by atoms with Crippen LogP contribution in [-0.4, -0.2) is 23.3 Å². The molecule has 1 saturated carbocycles. The third kappa shape index (κ3) is 5.14. The Kier molecular flexibility index (Phi) is 6.66. The average Bonchev–Trinajstić information content (AvgIpc) is 2.92. The van der Waals surface area contributed by atoms with E-state index in [9.17, 15) is 14.0 Å². The van der Waals surface area contributed by atoms with E-state index in [2.05, 4.69) is 24.3 Å². The zero-order valence-corrected chi connectivity index (χ0v) is 19.4. The first-order chi connectivity index (χ1) is 17.1. The molecule has 0 atom stereocenters. The number of ketones is 1. The number of carbonyl (C=O) groups is 2. The third-order valence-electron chi connectivity index (χ3n) is 6.72. The van der Waals surface area contributed by atoms with Crippen LogP contribution in [0.2, 0.25) is 0 Å². The number of aromatic nitrogens is 1. The number of benzene rings is 3. The van der Waals surface area contributed by atoms with Gasteiger partial charge in [0.25, 0.3) is 0 Å². The largest absolute Gasteiger partial charge is 0.454 e. The van der Waals surface area contributed by atoms with Gasteiger partial charge in [-0.15, -0.1) is 0 Å². The van der Waals surface area contributed by atoms with E-state index >= 15 is 0 Å². The van der Waals surface area contributed by atoms with Crippen LogP contribution >= 0.6 is 0 Å². The predicted molar refractivity (Wildman–Crippen MR) is 134 cm³/mol. The molecule has 4 aromatic rings. The second kappa shape index (κ2) is 10.2. The predicted octanol–water partition coefficient (Wildman–Crippen LogP) is 7.13. The zero-order valence-electron chi connectivity index (χ0n) is 19.4. The number of fused-ring (bicyclic) bond motifs is 1. The first-order valence-electron chi connectivity index (χ1n) is 12.0. The number of Topliss-reactive ketones (excluding diaryl/α,β-unsaturated/α-hetero) is 1. The highest BCUT2D eigenvalue weighted by atomic mass is 19.1. The highest BCUT2D eigenvalue weighted by Crippen LogP contribution is 2.34. The van der Waals surface area contributed by atoms with Crippen molar-refractivity contribution in [3.63, 3.8) is 0 Å². The van der Waals surface area contributed by atoms with Crippen LogP contribution in [0.3, 0.4) is 0 Å². The number of hydrogen-bond acceptors (Lipinski definition) is 4. The van der Waals surface area contributed by atoms with Gasteiger partial charge in [-0.25, -0.2) is 14.2 Å². The number of nitrogens with zero attached hydrogens (tertiary/aromatic N) is 1. The summed E-state index contributed by atoms with van der Waals surface area (Å²) in [6, 6.07) is 22.7. The summed E-state index contributed by atoms with van der Waals surface area (Å²) in [6.45, 7) is -0.424. The summed E-state index contributed by atoms with van der Waals surface area (Å²) in [5.74, 6) is -0.804. The van der Waals surface area contributed by atoms with E-state index in [0.29, 0.717) is 28.1 Å². The first-order valence-corrected chi connectivity index (χ1v) is 12.0. The summed E-state index contributed by atoms with van der Waals surface area (Å²) in [5.41, 5.74) is 4.28. The zero-order chi connectivity index (χ0) is 24.2. The molecule has 0 N–H and O–H groups in total. The van der Waals surface area contributed by atoms with Gasteiger partial charge in [0, 0.05) is 16.5 Å². The molecular formula is C30H26FNO3. The van der Waals surface area contributed by atoms with E-state index in [4.69, 9.17) is 9.72 Å². The van der Waals surface area contributed by atoms with Crippen LogP contribution in [0.1, 0.15) is 64.3 Å². The minimum absolute atomic E-state index is 0.289. The lowest BCUT2D eigenvalue weighted by molar-refractivity contribution is 0.0476. The molecule has 1 aliphatic carbocycles. The van der Waals surface area contributed by atoms with Crippen LogP contribution in [0.4, 0.5) is 4.39 Å². The molecule has 1 heterocycles. The Balaban J connectivity index is 1.39. The first kappa shape index (κ1) is 22.9. The Morgan fingerprint density at radius 2 is 1.60 bits per heavy atom. The normalized spacial score (nSPS) is 14.1. The summed E-state index contributed by atoms with van der Waals surface area (Å²) in [4.78, 5) is 30.2. The van der Waals surface area contributed by atoms with E-state index in [1.54, 1.807) is 6.07 Å². The van der Waals surface area contributed by atoms with Crippen molar-refractivity contribution in [1.82, 2.24) is 4.98 Å². The molecule has 1 fully saturated rings. The van der Waals surface area contributed by atoms with Gasteiger partial charge in [0.1, 0.15) is 5.82 Å². The third-order valence-corrected chi connectivity index (χ3v) is 6.72. The molecule has 0 bridgehead atoms. The number of carbonyl (C=O) groups excluding carboxylic acids is 2. The molecule has 3 aromatic carbocycles. The molecule has 1 aromatic heterocycles. The lowest BCUT2D eigenvalue weighted by Crippen LogP contribution is -2.15. The van der Waals surface area contributed by atoms with Crippen molar-refractivity contribution >= 4 is 22.7 Å². The number of rotatable bonds is 6. The van der Waals surface area contributed by atoms with Crippen molar-refractivity contribution in [2.75, 3.05) is 6.61 Å². The van der Waals surface area contributed by atoms with Gasteiger partial charge in [0.15, 0.2) is 12.4 Å². The number of esters is 1. The van der Waals surface area contributed by atoms with Gasteiger partial charge in [0.2, 0.25) is 0 Å². The lowest BCUT2D eigenvalue weighted by atomic mass is 9.84. The quantitative estimate of drug-likeness (QED) is 0.224. The van der Waals surface area contributed by atoms with Crippen molar-refractivity contribution in [3.05, 3.63) is 101 Å². The summed E-state index contributed by atoms with van der Waals surface area (Å²) >= 11 is 0. The second-order valence-electron chi connectivity index (χ2n) is 9.04. The van der Waals surface area contributed by atoms with Gasteiger partial charge in [-0.1, -0.05) is 61.7 Å². The van der Waals surface area contributed by atoms with Gasteiger partial charge >= 0.3 is 5.97 Å². The Morgan fingerprint density at radius 3 is 2.34 bits per heavy atom. The molecule has 4 nitrogen and oxygen atoms in total.